The van der Waals surface area contributed by atoms with Crippen molar-refractivity contribution in [3.8, 4) is 0 Å². The van der Waals surface area contributed by atoms with E-state index in [0.29, 0.717) is 0 Å². The van der Waals surface area contributed by atoms with Crippen molar-refractivity contribution in [3.63, 3.8) is 0 Å². The summed E-state index contributed by atoms with van der Waals surface area (Å²) in [4.78, 5) is 16.2. The molecule has 0 spiro atoms. The number of alkyl halides is 4. The van der Waals surface area contributed by atoms with Crippen molar-refractivity contribution in [1.29, 1.82) is 0 Å². The van der Waals surface area contributed by atoms with E-state index in [1.54, 1.807) is 0 Å². The molecule has 0 aliphatic carbocycles. The van der Waals surface area contributed by atoms with Crippen LogP contribution in [0.3, 0.4) is 0 Å². The summed E-state index contributed by atoms with van der Waals surface area (Å²) in [7, 11) is 0. The van der Waals surface area contributed by atoms with Crippen LogP contribution in [0.25, 0.3) is 0 Å². The Labute approximate surface area is 114 Å². The Morgan fingerprint density at radius 1 is 1.44 bits per heavy atom. The summed E-state index contributed by atoms with van der Waals surface area (Å²) in [5.74, 6) is -0.350. The van der Waals surface area contributed by atoms with Gasteiger partial charge in [-0.05, 0) is 28.1 Å². The normalized spacial score (nSPS) is 20.6. The number of hydrogen-bond acceptors (Lipinski definition) is 2. The topological polar surface area (TPSA) is 33.2 Å². The maximum atomic E-state index is 12.7. The van der Waals surface area contributed by atoms with Crippen LogP contribution < -0.4 is 4.90 Å². The van der Waals surface area contributed by atoms with Gasteiger partial charge in [0.25, 0.3) is 0 Å². The molecule has 18 heavy (non-hydrogen) atoms. The van der Waals surface area contributed by atoms with Crippen molar-refractivity contribution in [3.05, 3.63) is 22.3 Å². The lowest BCUT2D eigenvalue weighted by Crippen LogP contribution is -2.26. The fourth-order valence-electron chi connectivity index (χ4n) is 1.67. The van der Waals surface area contributed by atoms with E-state index in [0.717, 1.165) is 0 Å². The van der Waals surface area contributed by atoms with Gasteiger partial charge in [0.05, 0.1) is 5.38 Å². The fourth-order valence-corrected chi connectivity index (χ4v) is 2.38. The first-order chi connectivity index (χ1) is 8.29. The average Bonchev–Trinajstić information content (AvgIpc) is 2.57. The third-order valence-corrected chi connectivity index (χ3v) is 3.39. The highest BCUT2D eigenvalue weighted by molar-refractivity contribution is 9.10. The molecule has 1 aromatic heterocycles. The fraction of sp³-hybridized carbons (Fsp3) is 0.400. The van der Waals surface area contributed by atoms with Crippen LogP contribution in [-0.4, -0.2) is 22.8 Å². The molecule has 3 nitrogen and oxygen atoms in total. The third kappa shape index (κ3) is 2.61. The van der Waals surface area contributed by atoms with E-state index >= 15 is 0 Å². The number of nitrogens with zero attached hydrogens (tertiary/aromatic N) is 2. The number of anilines is 1. The van der Waals surface area contributed by atoms with Crippen molar-refractivity contribution in [2.45, 2.75) is 18.0 Å². The van der Waals surface area contributed by atoms with Gasteiger partial charge in [0.2, 0.25) is 5.91 Å². The molecule has 2 heterocycles. The van der Waals surface area contributed by atoms with Crippen LogP contribution in [0.1, 0.15) is 12.1 Å². The maximum absolute atomic E-state index is 12.7. The minimum absolute atomic E-state index is 0.0290. The SMILES string of the molecule is O=C1CC(Cl)CN1c1ccc(Br)c(C(F)(F)F)n1. The quantitative estimate of drug-likeness (QED) is 0.734. The summed E-state index contributed by atoms with van der Waals surface area (Å²) in [6.07, 6.45) is -4.46. The molecule has 1 fully saturated rings. The molecular formula is C10H7BrClF3N2O. The van der Waals surface area contributed by atoms with Gasteiger partial charge in [-0.2, -0.15) is 13.2 Å². The number of pyridine rings is 1. The Bertz CT molecular complexity index is 495. The van der Waals surface area contributed by atoms with E-state index in [4.69, 9.17) is 11.6 Å². The Morgan fingerprint density at radius 2 is 2.11 bits per heavy atom. The summed E-state index contributed by atoms with van der Waals surface area (Å²) < 4.78 is 37.8. The van der Waals surface area contributed by atoms with Crippen LogP contribution in [0.15, 0.2) is 16.6 Å². The van der Waals surface area contributed by atoms with Gasteiger partial charge >= 0.3 is 6.18 Å². The second-order valence-electron chi connectivity index (χ2n) is 3.80. The molecule has 1 aliphatic rings. The summed E-state index contributed by atoms with van der Waals surface area (Å²) >= 11 is 8.58. The Balaban J connectivity index is 2.39. The molecule has 8 heteroatoms. The molecule has 1 unspecified atom stereocenters. The number of amides is 1. The van der Waals surface area contributed by atoms with E-state index < -0.39 is 17.2 Å². The minimum atomic E-state index is -4.57. The van der Waals surface area contributed by atoms with Gasteiger partial charge < -0.3 is 0 Å². The predicted molar refractivity (Wildman–Crippen MR) is 63.6 cm³/mol. The average molecular weight is 344 g/mol. The molecule has 0 bridgehead atoms. The summed E-state index contributed by atoms with van der Waals surface area (Å²) in [5, 5.41) is -0.391. The summed E-state index contributed by atoms with van der Waals surface area (Å²) in [6.45, 7) is 0.173. The van der Waals surface area contributed by atoms with Gasteiger partial charge in [0, 0.05) is 17.4 Å². The van der Waals surface area contributed by atoms with E-state index in [-0.39, 0.29) is 29.2 Å². The highest BCUT2D eigenvalue weighted by Crippen LogP contribution is 2.35. The Morgan fingerprint density at radius 3 is 2.61 bits per heavy atom. The number of halogens is 5. The predicted octanol–water partition coefficient (Wildman–Crippen LogP) is 3.21. The standard InChI is InChI=1S/C10H7BrClF3N2O/c11-6-1-2-7(16-9(6)10(13,14)15)17-4-5(12)3-8(17)18/h1-2,5H,3-4H2. The number of aromatic nitrogens is 1. The largest absolute Gasteiger partial charge is 0.434 e. The molecule has 1 aliphatic heterocycles. The van der Waals surface area contributed by atoms with Gasteiger partial charge in [-0.3, -0.25) is 9.69 Å². The summed E-state index contributed by atoms with van der Waals surface area (Å²) in [6, 6.07) is 2.58. The highest BCUT2D eigenvalue weighted by Gasteiger charge is 2.37. The lowest BCUT2D eigenvalue weighted by atomic mass is 10.3. The minimum Gasteiger partial charge on any atom is -0.295 e. The molecule has 0 radical (unpaired) electrons. The maximum Gasteiger partial charge on any atom is 0.434 e. The first kappa shape index (κ1) is 13.6. The molecule has 1 aromatic rings. The third-order valence-electron chi connectivity index (χ3n) is 2.45. The molecule has 1 amide bonds. The first-order valence-electron chi connectivity index (χ1n) is 4.97. The van der Waals surface area contributed by atoms with Crippen molar-refractivity contribution in [2.75, 3.05) is 11.4 Å². The molecule has 2 rings (SSSR count). The number of carbonyl (C=O) groups is 1. The van der Waals surface area contributed by atoms with Crippen LogP contribution in [0.5, 0.6) is 0 Å². The monoisotopic (exact) mass is 342 g/mol. The van der Waals surface area contributed by atoms with Gasteiger partial charge in [-0.25, -0.2) is 4.98 Å². The molecule has 0 N–H and O–H groups in total. The Kier molecular flexibility index (Phi) is 3.55. The first-order valence-corrected chi connectivity index (χ1v) is 6.20. The second kappa shape index (κ2) is 4.70. The molecule has 0 saturated carbocycles. The van der Waals surface area contributed by atoms with Crippen LogP contribution in [0.2, 0.25) is 0 Å². The number of hydrogen-bond donors (Lipinski definition) is 0. The lowest BCUT2D eigenvalue weighted by Gasteiger charge is -2.17. The molecule has 1 saturated heterocycles. The van der Waals surface area contributed by atoms with Crippen LogP contribution in [-0.2, 0) is 11.0 Å². The Hall–Kier alpha value is -0.820. The summed E-state index contributed by atoms with van der Waals surface area (Å²) in [5.41, 5.74) is -1.05. The smallest absolute Gasteiger partial charge is 0.295 e. The van der Waals surface area contributed by atoms with Gasteiger partial charge in [0.1, 0.15) is 5.82 Å². The molecular weight excluding hydrogens is 336 g/mol. The molecule has 1 atom stereocenters. The van der Waals surface area contributed by atoms with Gasteiger partial charge in [0.15, 0.2) is 5.69 Å². The zero-order chi connectivity index (χ0) is 13.5. The van der Waals surface area contributed by atoms with Crippen molar-refractivity contribution in [2.24, 2.45) is 0 Å². The highest BCUT2D eigenvalue weighted by atomic mass is 79.9. The molecule has 0 aromatic carbocycles. The van der Waals surface area contributed by atoms with Crippen LogP contribution in [0, 0.1) is 0 Å². The van der Waals surface area contributed by atoms with Crippen LogP contribution in [0.4, 0.5) is 19.0 Å². The lowest BCUT2D eigenvalue weighted by molar-refractivity contribution is -0.141. The second-order valence-corrected chi connectivity index (χ2v) is 5.27. The molecule has 98 valence electrons. The van der Waals surface area contributed by atoms with Crippen molar-refractivity contribution >= 4 is 39.3 Å². The zero-order valence-corrected chi connectivity index (χ0v) is 11.2. The zero-order valence-electron chi connectivity index (χ0n) is 8.84. The van der Waals surface area contributed by atoms with E-state index in [9.17, 15) is 18.0 Å². The number of carbonyl (C=O) groups excluding carboxylic acids is 1. The van der Waals surface area contributed by atoms with Crippen molar-refractivity contribution < 1.29 is 18.0 Å². The number of rotatable bonds is 1. The van der Waals surface area contributed by atoms with Gasteiger partial charge in [-0.15, -0.1) is 11.6 Å². The van der Waals surface area contributed by atoms with Crippen LogP contribution >= 0.6 is 27.5 Å². The van der Waals surface area contributed by atoms with E-state index in [1.165, 1.54) is 17.0 Å². The van der Waals surface area contributed by atoms with E-state index in [2.05, 4.69) is 20.9 Å². The van der Waals surface area contributed by atoms with Gasteiger partial charge in [-0.1, -0.05) is 0 Å². The van der Waals surface area contributed by atoms with Crippen molar-refractivity contribution in [1.82, 2.24) is 4.98 Å². The van der Waals surface area contributed by atoms with E-state index in [1.807, 2.05) is 0 Å².